The van der Waals surface area contributed by atoms with Gasteiger partial charge in [0.25, 0.3) is 0 Å². The zero-order valence-corrected chi connectivity index (χ0v) is 9.36. The summed E-state index contributed by atoms with van der Waals surface area (Å²) in [4.78, 5) is 8.42. The molecule has 0 unspecified atom stereocenters. The van der Waals surface area contributed by atoms with Crippen molar-refractivity contribution >= 4 is 11.6 Å². The molecule has 0 aliphatic carbocycles. The predicted octanol–water partition coefficient (Wildman–Crippen LogP) is 2.02. The number of alkyl halides is 1. The first-order valence-electron chi connectivity index (χ1n) is 4.61. The highest BCUT2D eigenvalue weighted by atomic mass is 35.5. The zero-order chi connectivity index (χ0) is 10.8. The van der Waals surface area contributed by atoms with Crippen molar-refractivity contribution in [2.75, 3.05) is 0 Å². The number of halogens is 1. The molecule has 0 aliphatic heterocycles. The Kier molecular flexibility index (Phi) is 2.68. The minimum Gasteiger partial charge on any atom is -0.259 e. The van der Waals surface area contributed by atoms with Gasteiger partial charge in [-0.25, -0.2) is 9.67 Å². The molecule has 4 nitrogen and oxygen atoms in total. The topological polar surface area (TPSA) is 43.6 Å². The summed E-state index contributed by atoms with van der Waals surface area (Å²) in [5, 5.41) is 4.33. The van der Waals surface area contributed by atoms with Crippen LogP contribution >= 0.6 is 11.6 Å². The van der Waals surface area contributed by atoms with E-state index in [1.165, 1.54) is 0 Å². The van der Waals surface area contributed by atoms with Crippen molar-refractivity contribution in [2.45, 2.75) is 19.7 Å². The van der Waals surface area contributed by atoms with Crippen molar-refractivity contribution in [3.8, 4) is 5.82 Å². The summed E-state index contributed by atoms with van der Waals surface area (Å²) in [5.74, 6) is 1.07. The van der Waals surface area contributed by atoms with E-state index in [1.54, 1.807) is 17.1 Å². The molecular weight excluding hydrogens is 212 g/mol. The van der Waals surface area contributed by atoms with Gasteiger partial charge < -0.3 is 0 Å². The quantitative estimate of drug-likeness (QED) is 0.731. The van der Waals surface area contributed by atoms with Crippen LogP contribution in [0.3, 0.4) is 0 Å². The van der Waals surface area contributed by atoms with Crippen LogP contribution in [0, 0.1) is 13.8 Å². The third kappa shape index (κ3) is 1.99. The number of hydrogen-bond acceptors (Lipinski definition) is 3. The fraction of sp³-hybridized carbons (Fsp3) is 0.300. The molecule has 2 aromatic heterocycles. The van der Waals surface area contributed by atoms with Gasteiger partial charge in [0.05, 0.1) is 23.5 Å². The SMILES string of the molecule is Cc1cc(C)n(-c2cncc(CCl)n2)n1. The summed E-state index contributed by atoms with van der Waals surface area (Å²) in [6.07, 6.45) is 3.33. The Morgan fingerprint density at radius 1 is 1.33 bits per heavy atom. The molecule has 0 N–H and O–H groups in total. The summed E-state index contributed by atoms with van der Waals surface area (Å²) < 4.78 is 1.76. The average Bonchev–Trinajstić information content (AvgIpc) is 2.58. The van der Waals surface area contributed by atoms with Gasteiger partial charge in [-0.3, -0.25) is 4.98 Å². The smallest absolute Gasteiger partial charge is 0.172 e. The fourth-order valence-corrected chi connectivity index (χ4v) is 1.55. The fourth-order valence-electron chi connectivity index (χ4n) is 1.42. The van der Waals surface area contributed by atoms with Gasteiger partial charge in [-0.05, 0) is 19.9 Å². The first-order chi connectivity index (χ1) is 7.20. The highest BCUT2D eigenvalue weighted by Crippen LogP contribution is 2.09. The Bertz CT molecular complexity index is 478. The van der Waals surface area contributed by atoms with E-state index in [2.05, 4.69) is 15.1 Å². The molecule has 0 saturated carbocycles. The normalized spacial score (nSPS) is 10.6. The van der Waals surface area contributed by atoms with E-state index < -0.39 is 0 Å². The summed E-state index contributed by atoms with van der Waals surface area (Å²) in [6, 6.07) is 2.00. The Labute approximate surface area is 92.9 Å². The lowest BCUT2D eigenvalue weighted by atomic mass is 10.4. The lowest BCUT2D eigenvalue weighted by Crippen LogP contribution is -2.04. The zero-order valence-electron chi connectivity index (χ0n) is 8.61. The van der Waals surface area contributed by atoms with E-state index in [4.69, 9.17) is 11.6 Å². The first kappa shape index (κ1) is 10.1. The van der Waals surface area contributed by atoms with E-state index in [1.807, 2.05) is 19.9 Å². The molecule has 0 spiro atoms. The molecule has 2 aromatic rings. The van der Waals surface area contributed by atoms with E-state index in [-0.39, 0.29) is 0 Å². The highest BCUT2D eigenvalue weighted by molar-refractivity contribution is 6.16. The second kappa shape index (κ2) is 3.98. The van der Waals surface area contributed by atoms with Gasteiger partial charge in [0.1, 0.15) is 0 Å². The number of aromatic nitrogens is 4. The molecule has 0 saturated heterocycles. The van der Waals surface area contributed by atoms with Crippen LogP contribution in [0.15, 0.2) is 18.5 Å². The van der Waals surface area contributed by atoms with Crippen LogP contribution in [0.5, 0.6) is 0 Å². The number of nitrogens with zero attached hydrogens (tertiary/aromatic N) is 4. The molecular formula is C10H11ClN4. The highest BCUT2D eigenvalue weighted by Gasteiger charge is 2.05. The molecule has 0 atom stereocenters. The third-order valence-corrected chi connectivity index (χ3v) is 2.31. The monoisotopic (exact) mass is 222 g/mol. The van der Waals surface area contributed by atoms with Crippen LogP contribution in [-0.2, 0) is 5.88 Å². The van der Waals surface area contributed by atoms with Gasteiger partial charge in [-0.1, -0.05) is 0 Å². The minimum absolute atomic E-state index is 0.361. The Morgan fingerprint density at radius 3 is 2.73 bits per heavy atom. The number of aryl methyl sites for hydroxylation is 2. The lowest BCUT2D eigenvalue weighted by molar-refractivity contribution is 0.792. The van der Waals surface area contributed by atoms with Crippen LogP contribution in [-0.4, -0.2) is 19.7 Å². The second-order valence-corrected chi connectivity index (χ2v) is 3.61. The van der Waals surface area contributed by atoms with Crippen LogP contribution < -0.4 is 0 Å². The largest absolute Gasteiger partial charge is 0.259 e. The number of hydrogen-bond donors (Lipinski definition) is 0. The first-order valence-corrected chi connectivity index (χ1v) is 5.14. The number of rotatable bonds is 2. The Morgan fingerprint density at radius 2 is 2.13 bits per heavy atom. The van der Waals surface area contributed by atoms with Crippen molar-refractivity contribution in [1.29, 1.82) is 0 Å². The average molecular weight is 223 g/mol. The van der Waals surface area contributed by atoms with Gasteiger partial charge in [-0.15, -0.1) is 11.6 Å². The maximum Gasteiger partial charge on any atom is 0.172 e. The third-order valence-electron chi connectivity index (χ3n) is 2.04. The molecule has 2 rings (SSSR count). The molecule has 0 bridgehead atoms. The summed E-state index contributed by atoms with van der Waals surface area (Å²) in [6.45, 7) is 3.93. The van der Waals surface area contributed by atoms with Crippen LogP contribution in [0.2, 0.25) is 0 Å². The Hall–Kier alpha value is -1.42. The standard InChI is InChI=1S/C10H11ClN4/c1-7-3-8(2)15(14-7)10-6-12-5-9(4-11)13-10/h3,5-6H,4H2,1-2H3. The molecule has 5 heteroatoms. The second-order valence-electron chi connectivity index (χ2n) is 3.34. The molecule has 15 heavy (non-hydrogen) atoms. The van der Waals surface area contributed by atoms with E-state index in [0.717, 1.165) is 17.1 Å². The molecule has 0 aromatic carbocycles. The van der Waals surface area contributed by atoms with Gasteiger partial charge in [0, 0.05) is 11.9 Å². The van der Waals surface area contributed by atoms with Gasteiger partial charge in [0.15, 0.2) is 5.82 Å². The lowest BCUT2D eigenvalue weighted by Gasteiger charge is -2.03. The molecule has 0 fully saturated rings. The van der Waals surface area contributed by atoms with Crippen LogP contribution in [0.1, 0.15) is 17.1 Å². The van der Waals surface area contributed by atoms with Gasteiger partial charge >= 0.3 is 0 Å². The van der Waals surface area contributed by atoms with E-state index >= 15 is 0 Å². The Balaban J connectivity index is 2.49. The van der Waals surface area contributed by atoms with E-state index in [0.29, 0.717) is 11.7 Å². The minimum atomic E-state index is 0.361. The van der Waals surface area contributed by atoms with Crippen LogP contribution in [0.25, 0.3) is 5.82 Å². The van der Waals surface area contributed by atoms with Crippen molar-refractivity contribution in [2.24, 2.45) is 0 Å². The predicted molar refractivity (Wildman–Crippen MR) is 58.2 cm³/mol. The van der Waals surface area contributed by atoms with Crippen LogP contribution in [0.4, 0.5) is 0 Å². The summed E-state index contributed by atoms with van der Waals surface area (Å²) in [5.41, 5.74) is 2.75. The maximum absolute atomic E-state index is 5.70. The van der Waals surface area contributed by atoms with Gasteiger partial charge in [-0.2, -0.15) is 5.10 Å². The summed E-state index contributed by atoms with van der Waals surface area (Å²) in [7, 11) is 0. The van der Waals surface area contributed by atoms with Crippen molar-refractivity contribution < 1.29 is 0 Å². The maximum atomic E-state index is 5.70. The molecule has 0 aliphatic rings. The summed E-state index contributed by atoms with van der Waals surface area (Å²) >= 11 is 5.70. The van der Waals surface area contributed by atoms with E-state index in [9.17, 15) is 0 Å². The molecule has 78 valence electrons. The van der Waals surface area contributed by atoms with Crippen molar-refractivity contribution in [3.05, 3.63) is 35.5 Å². The molecule has 2 heterocycles. The van der Waals surface area contributed by atoms with Crippen molar-refractivity contribution in [3.63, 3.8) is 0 Å². The molecule has 0 radical (unpaired) electrons. The van der Waals surface area contributed by atoms with Crippen molar-refractivity contribution in [1.82, 2.24) is 19.7 Å². The molecule has 0 amide bonds. The van der Waals surface area contributed by atoms with Gasteiger partial charge in [0.2, 0.25) is 0 Å².